The van der Waals surface area contributed by atoms with Crippen LogP contribution in [0.15, 0.2) is 36.4 Å². The Hall–Kier alpha value is -2.86. The van der Waals surface area contributed by atoms with Gasteiger partial charge in [-0.2, -0.15) is 0 Å². The van der Waals surface area contributed by atoms with Crippen molar-refractivity contribution < 1.29 is 9.59 Å². The topological polar surface area (TPSA) is 64.7 Å². The lowest BCUT2D eigenvalue weighted by atomic mass is 9.96. The fraction of sp³-hybridized carbons (Fsp3) is 0.462. The molecule has 170 valence electrons. The zero-order valence-electron chi connectivity index (χ0n) is 19.4. The van der Waals surface area contributed by atoms with E-state index in [0.29, 0.717) is 12.2 Å². The van der Waals surface area contributed by atoms with Crippen molar-refractivity contribution in [3.05, 3.63) is 58.7 Å². The molecule has 0 bridgehead atoms. The molecule has 1 saturated heterocycles. The van der Waals surface area contributed by atoms with Crippen molar-refractivity contribution in [1.82, 2.24) is 10.2 Å². The highest BCUT2D eigenvalue weighted by Gasteiger charge is 2.26. The number of hydrogen-bond donors (Lipinski definition) is 2. The van der Waals surface area contributed by atoms with E-state index in [2.05, 4.69) is 45.7 Å². The number of amides is 2. The van der Waals surface area contributed by atoms with E-state index in [-0.39, 0.29) is 6.04 Å². The van der Waals surface area contributed by atoms with Gasteiger partial charge in [0.15, 0.2) is 0 Å². The Morgan fingerprint density at radius 3 is 2.47 bits per heavy atom. The molecule has 0 saturated carbocycles. The minimum absolute atomic E-state index is 0.0772. The van der Waals surface area contributed by atoms with Crippen LogP contribution in [0.3, 0.4) is 0 Å². The quantitative estimate of drug-likeness (QED) is 0.706. The van der Waals surface area contributed by atoms with E-state index in [9.17, 15) is 9.59 Å². The molecule has 2 heterocycles. The molecular formula is C26H34N4O2. The van der Waals surface area contributed by atoms with Gasteiger partial charge < -0.3 is 15.5 Å². The number of fused-ring (bicyclic) bond motifs is 1. The first-order valence-electron chi connectivity index (χ1n) is 11.7. The number of rotatable bonds is 5. The van der Waals surface area contributed by atoms with E-state index in [0.717, 1.165) is 43.6 Å². The maximum absolute atomic E-state index is 12.6. The number of carbonyl (C=O) groups excluding carboxylic acids is 2. The van der Waals surface area contributed by atoms with Crippen LogP contribution in [0.2, 0.25) is 0 Å². The maximum Gasteiger partial charge on any atom is 0.313 e. The van der Waals surface area contributed by atoms with Gasteiger partial charge in [-0.3, -0.25) is 14.5 Å². The highest BCUT2D eigenvalue weighted by molar-refractivity contribution is 6.39. The number of anilines is 2. The maximum atomic E-state index is 12.6. The van der Waals surface area contributed by atoms with Crippen molar-refractivity contribution in [2.45, 2.75) is 45.6 Å². The van der Waals surface area contributed by atoms with Crippen LogP contribution in [0, 0.1) is 13.8 Å². The first-order chi connectivity index (χ1) is 15.4. The lowest BCUT2D eigenvalue weighted by Gasteiger charge is -2.31. The van der Waals surface area contributed by atoms with Crippen LogP contribution in [0.1, 0.15) is 47.6 Å². The standard InChI is InChI=1S/C26H34N4O2/c1-18-8-10-22(15-19(18)2)28-26(32)25(31)27-17-24(30-13-4-5-14-30)21-9-11-23-20(16-21)7-6-12-29(23)3/h8-11,15-16,24H,4-7,12-14,17H2,1-3H3,(H,27,31)(H,28,32)/t24-/m0/s1. The summed E-state index contributed by atoms with van der Waals surface area (Å²) in [5.74, 6) is -1.22. The molecule has 6 nitrogen and oxygen atoms in total. The molecule has 6 heteroatoms. The third-order valence-electron chi connectivity index (χ3n) is 6.85. The SMILES string of the molecule is Cc1ccc(NC(=O)C(=O)NC[C@@H](c2ccc3c(c2)CCCN3C)N2CCCC2)cc1C. The van der Waals surface area contributed by atoms with Crippen LogP contribution < -0.4 is 15.5 Å². The van der Waals surface area contributed by atoms with Gasteiger partial charge >= 0.3 is 11.8 Å². The molecule has 2 aromatic carbocycles. The van der Waals surface area contributed by atoms with E-state index in [4.69, 9.17) is 0 Å². The molecule has 2 aliphatic rings. The third kappa shape index (κ3) is 4.96. The summed E-state index contributed by atoms with van der Waals surface area (Å²) < 4.78 is 0. The fourth-order valence-electron chi connectivity index (χ4n) is 4.80. The molecule has 32 heavy (non-hydrogen) atoms. The summed E-state index contributed by atoms with van der Waals surface area (Å²) in [6.45, 7) is 7.56. The fourth-order valence-corrected chi connectivity index (χ4v) is 4.80. The minimum atomic E-state index is -0.625. The zero-order valence-corrected chi connectivity index (χ0v) is 19.4. The minimum Gasteiger partial charge on any atom is -0.374 e. The van der Waals surface area contributed by atoms with E-state index in [1.807, 2.05) is 32.0 Å². The Morgan fingerprint density at radius 2 is 1.72 bits per heavy atom. The van der Waals surface area contributed by atoms with Gasteiger partial charge in [-0.25, -0.2) is 0 Å². The highest BCUT2D eigenvalue weighted by atomic mass is 16.2. The molecule has 0 unspecified atom stereocenters. The monoisotopic (exact) mass is 434 g/mol. The summed E-state index contributed by atoms with van der Waals surface area (Å²) in [4.78, 5) is 29.8. The summed E-state index contributed by atoms with van der Waals surface area (Å²) in [5.41, 5.74) is 6.77. The van der Waals surface area contributed by atoms with Crippen LogP contribution in [0.25, 0.3) is 0 Å². The average molecular weight is 435 g/mol. The largest absolute Gasteiger partial charge is 0.374 e. The molecule has 2 aliphatic heterocycles. The summed E-state index contributed by atoms with van der Waals surface area (Å²) in [6, 6.07) is 12.4. The van der Waals surface area contributed by atoms with Gasteiger partial charge in [-0.15, -0.1) is 0 Å². The van der Waals surface area contributed by atoms with Crippen molar-refractivity contribution in [1.29, 1.82) is 0 Å². The van der Waals surface area contributed by atoms with Crippen LogP contribution in [-0.4, -0.2) is 49.9 Å². The number of nitrogens with one attached hydrogen (secondary N) is 2. The molecule has 2 amide bonds. The lowest BCUT2D eigenvalue weighted by molar-refractivity contribution is -0.136. The van der Waals surface area contributed by atoms with E-state index in [1.165, 1.54) is 29.7 Å². The van der Waals surface area contributed by atoms with Gasteiger partial charge in [-0.1, -0.05) is 18.2 Å². The summed E-state index contributed by atoms with van der Waals surface area (Å²) in [6.07, 6.45) is 4.60. The highest BCUT2D eigenvalue weighted by Crippen LogP contribution is 2.31. The van der Waals surface area contributed by atoms with E-state index in [1.54, 1.807) is 0 Å². The molecule has 2 N–H and O–H groups in total. The van der Waals surface area contributed by atoms with E-state index < -0.39 is 11.8 Å². The Bertz CT molecular complexity index is 997. The second-order valence-corrected chi connectivity index (χ2v) is 9.14. The third-order valence-corrected chi connectivity index (χ3v) is 6.85. The van der Waals surface area contributed by atoms with E-state index >= 15 is 0 Å². The number of likely N-dealkylation sites (tertiary alicyclic amines) is 1. The lowest BCUT2D eigenvalue weighted by Crippen LogP contribution is -2.41. The number of aryl methyl sites for hydroxylation is 3. The van der Waals surface area contributed by atoms with Crippen molar-refractivity contribution in [2.24, 2.45) is 0 Å². The van der Waals surface area contributed by atoms with Crippen LogP contribution in [0.4, 0.5) is 11.4 Å². The predicted octanol–water partition coefficient (Wildman–Crippen LogP) is 3.58. The van der Waals surface area contributed by atoms with Gasteiger partial charge in [0, 0.05) is 31.5 Å². The number of nitrogens with zero attached hydrogens (tertiary/aromatic N) is 2. The number of benzene rings is 2. The Morgan fingerprint density at radius 1 is 0.938 bits per heavy atom. The van der Waals surface area contributed by atoms with Crippen molar-refractivity contribution >= 4 is 23.2 Å². The van der Waals surface area contributed by atoms with Gasteiger partial charge in [0.05, 0.1) is 6.04 Å². The zero-order chi connectivity index (χ0) is 22.7. The molecule has 1 atom stereocenters. The van der Waals surface area contributed by atoms with Gasteiger partial charge in [0.2, 0.25) is 0 Å². The second kappa shape index (κ2) is 9.74. The van der Waals surface area contributed by atoms with Gasteiger partial charge in [0.1, 0.15) is 0 Å². The first kappa shape index (κ1) is 22.3. The molecule has 0 aromatic heterocycles. The molecule has 0 radical (unpaired) electrons. The molecule has 0 aliphatic carbocycles. The van der Waals surface area contributed by atoms with Crippen molar-refractivity contribution in [3.8, 4) is 0 Å². The van der Waals surface area contributed by atoms with Crippen molar-refractivity contribution in [3.63, 3.8) is 0 Å². The second-order valence-electron chi connectivity index (χ2n) is 9.14. The van der Waals surface area contributed by atoms with Crippen LogP contribution >= 0.6 is 0 Å². The summed E-state index contributed by atoms with van der Waals surface area (Å²) >= 11 is 0. The Labute approximate surface area is 191 Å². The number of hydrogen-bond acceptors (Lipinski definition) is 4. The Balaban J connectivity index is 1.44. The Kier molecular flexibility index (Phi) is 6.80. The first-order valence-corrected chi connectivity index (χ1v) is 11.7. The molecule has 1 fully saturated rings. The van der Waals surface area contributed by atoms with Crippen LogP contribution in [0.5, 0.6) is 0 Å². The summed E-state index contributed by atoms with van der Waals surface area (Å²) in [7, 11) is 2.14. The molecule has 2 aromatic rings. The van der Waals surface area contributed by atoms with Gasteiger partial charge in [-0.05, 0) is 93.1 Å². The normalized spacial score (nSPS) is 17.0. The predicted molar refractivity (Wildman–Crippen MR) is 129 cm³/mol. The van der Waals surface area contributed by atoms with Crippen molar-refractivity contribution in [2.75, 3.05) is 43.4 Å². The molecule has 4 rings (SSSR count). The smallest absolute Gasteiger partial charge is 0.313 e. The molecular weight excluding hydrogens is 400 g/mol. The number of carbonyl (C=O) groups is 2. The van der Waals surface area contributed by atoms with Crippen LogP contribution in [-0.2, 0) is 16.0 Å². The average Bonchev–Trinajstić information content (AvgIpc) is 3.31. The molecule has 0 spiro atoms. The van der Waals surface area contributed by atoms with Gasteiger partial charge in [0.25, 0.3) is 0 Å². The summed E-state index contributed by atoms with van der Waals surface area (Å²) in [5, 5.41) is 5.61.